The highest BCUT2D eigenvalue weighted by Gasteiger charge is 1.64. The van der Waals surface area contributed by atoms with Crippen LogP contribution in [0.3, 0.4) is 0 Å². The second kappa shape index (κ2) is 28.7. The van der Waals surface area contributed by atoms with Gasteiger partial charge in [-0.1, -0.05) is 0 Å². The Hall–Kier alpha value is -0.120. The van der Waals surface area contributed by atoms with Gasteiger partial charge in [-0.25, -0.2) is 0 Å². The lowest BCUT2D eigenvalue weighted by Gasteiger charge is -1.86. The zero-order valence-electron chi connectivity index (χ0n) is 5.98. The van der Waals surface area contributed by atoms with Crippen LogP contribution in [0.25, 0.3) is 0 Å². The Labute approximate surface area is 51.2 Å². The molecule has 0 aromatic carbocycles. The summed E-state index contributed by atoms with van der Waals surface area (Å²) in [6.07, 6.45) is 0. The SMILES string of the molecule is CCOCC.CO.N. The summed E-state index contributed by atoms with van der Waals surface area (Å²) in [6, 6.07) is 0. The topological polar surface area (TPSA) is 64.5 Å². The van der Waals surface area contributed by atoms with E-state index in [0.717, 1.165) is 20.3 Å². The molecule has 0 unspecified atom stereocenters. The Morgan fingerprint density at radius 2 is 1.38 bits per heavy atom. The molecule has 3 nitrogen and oxygen atoms in total. The van der Waals surface area contributed by atoms with Crippen LogP contribution in [0.1, 0.15) is 13.8 Å². The number of aliphatic hydroxyl groups excluding tert-OH is 1. The quantitative estimate of drug-likeness (QED) is 0.571. The van der Waals surface area contributed by atoms with E-state index in [4.69, 9.17) is 9.84 Å². The molecule has 0 bridgehead atoms. The summed E-state index contributed by atoms with van der Waals surface area (Å²) in [5.41, 5.74) is 0. The molecule has 0 amide bonds. The van der Waals surface area contributed by atoms with Crippen LogP contribution in [0.15, 0.2) is 0 Å². The number of aliphatic hydroxyl groups is 1. The molecule has 0 saturated carbocycles. The molecule has 0 aromatic rings. The van der Waals surface area contributed by atoms with E-state index in [1.54, 1.807) is 0 Å². The van der Waals surface area contributed by atoms with Crippen molar-refractivity contribution in [1.82, 2.24) is 6.15 Å². The van der Waals surface area contributed by atoms with Crippen LogP contribution in [0.2, 0.25) is 0 Å². The van der Waals surface area contributed by atoms with Crippen molar-refractivity contribution >= 4 is 0 Å². The van der Waals surface area contributed by atoms with Crippen LogP contribution in [0.5, 0.6) is 0 Å². The van der Waals surface area contributed by atoms with Gasteiger partial charge in [0.05, 0.1) is 0 Å². The molecule has 0 radical (unpaired) electrons. The summed E-state index contributed by atoms with van der Waals surface area (Å²) in [4.78, 5) is 0. The van der Waals surface area contributed by atoms with Crippen molar-refractivity contribution in [2.45, 2.75) is 13.8 Å². The lowest BCUT2D eigenvalue weighted by molar-refractivity contribution is 0.162. The van der Waals surface area contributed by atoms with Crippen molar-refractivity contribution in [2.75, 3.05) is 20.3 Å². The maximum Gasteiger partial charge on any atom is 0.0437 e. The first-order chi connectivity index (χ1) is 3.41. The van der Waals surface area contributed by atoms with Crippen LogP contribution in [0.4, 0.5) is 0 Å². The third-order valence-corrected chi connectivity index (χ3v) is 0.408. The second-order valence-corrected chi connectivity index (χ2v) is 0.781. The molecule has 54 valence electrons. The molecule has 8 heavy (non-hydrogen) atoms. The van der Waals surface area contributed by atoms with E-state index in [1.807, 2.05) is 13.8 Å². The standard InChI is InChI=1S/C4H10O.CH4O.H3N/c1-3-5-4-2;1-2;/h3-4H2,1-2H3;2H,1H3;1H3. The smallest absolute Gasteiger partial charge is 0.0437 e. The average Bonchev–Trinajstić information content (AvgIpc) is 1.75. The van der Waals surface area contributed by atoms with Gasteiger partial charge in [0.25, 0.3) is 0 Å². The third kappa shape index (κ3) is 39.6. The Morgan fingerprint density at radius 1 is 1.12 bits per heavy atom. The number of rotatable bonds is 2. The molecule has 0 atom stereocenters. The number of hydrogen-bond donors (Lipinski definition) is 2. The summed E-state index contributed by atoms with van der Waals surface area (Å²) < 4.78 is 4.83. The Morgan fingerprint density at radius 3 is 1.38 bits per heavy atom. The van der Waals surface area contributed by atoms with Gasteiger partial charge in [-0.05, 0) is 13.8 Å². The van der Waals surface area contributed by atoms with Gasteiger partial charge < -0.3 is 16.0 Å². The fourth-order valence-electron chi connectivity index (χ4n) is 0.204. The zero-order chi connectivity index (χ0) is 6.12. The Balaban J connectivity index is -0.0000000750. The van der Waals surface area contributed by atoms with Gasteiger partial charge in [-0.15, -0.1) is 0 Å². The third-order valence-electron chi connectivity index (χ3n) is 0.408. The fraction of sp³-hybridized carbons (Fsp3) is 1.00. The van der Waals surface area contributed by atoms with Gasteiger partial charge in [0.2, 0.25) is 0 Å². The summed E-state index contributed by atoms with van der Waals surface area (Å²) in [6.45, 7) is 5.67. The van der Waals surface area contributed by atoms with E-state index in [0.29, 0.717) is 0 Å². The Kier molecular flexibility index (Phi) is 56.1. The maximum absolute atomic E-state index is 7.00. The molecular formula is C5H17NO2. The van der Waals surface area contributed by atoms with Gasteiger partial charge in [0.1, 0.15) is 0 Å². The molecule has 0 aliphatic carbocycles. The molecule has 0 aliphatic rings. The van der Waals surface area contributed by atoms with E-state index in [9.17, 15) is 0 Å². The van der Waals surface area contributed by atoms with Crippen LogP contribution in [-0.4, -0.2) is 25.4 Å². The van der Waals surface area contributed by atoms with Crippen molar-refractivity contribution in [3.05, 3.63) is 0 Å². The van der Waals surface area contributed by atoms with Crippen molar-refractivity contribution in [1.29, 1.82) is 0 Å². The van der Waals surface area contributed by atoms with Crippen molar-refractivity contribution < 1.29 is 9.84 Å². The molecule has 4 N–H and O–H groups in total. The van der Waals surface area contributed by atoms with E-state index >= 15 is 0 Å². The second-order valence-electron chi connectivity index (χ2n) is 0.781. The van der Waals surface area contributed by atoms with Crippen molar-refractivity contribution in [3.63, 3.8) is 0 Å². The van der Waals surface area contributed by atoms with E-state index < -0.39 is 0 Å². The van der Waals surface area contributed by atoms with E-state index in [1.165, 1.54) is 0 Å². The lowest BCUT2D eigenvalue weighted by atomic mass is 10.8. The van der Waals surface area contributed by atoms with Gasteiger partial charge in [-0.3, -0.25) is 0 Å². The summed E-state index contributed by atoms with van der Waals surface area (Å²) in [5, 5.41) is 7.00. The largest absolute Gasteiger partial charge is 0.400 e. The summed E-state index contributed by atoms with van der Waals surface area (Å²) in [7, 11) is 1.00. The van der Waals surface area contributed by atoms with Crippen LogP contribution in [0, 0.1) is 0 Å². The van der Waals surface area contributed by atoms with Gasteiger partial charge in [0, 0.05) is 20.3 Å². The predicted octanol–water partition coefficient (Wildman–Crippen LogP) is 0.813. The highest BCUT2D eigenvalue weighted by Crippen LogP contribution is 1.64. The average molecular weight is 123 g/mol. The van der Waals surface area contributed by atoms with Crippen molar-refractivity contribution in [2.24, 2.45) is 0 Å². The summed E-state index contributed by atoms with van der Waals surface area (Å²) >= 11 is 0. The van der Waals surface area contributed by atoms with E-state index in [-0.39, 0.29) is 6.15 Å². The number of hydrogen-bond acceptors (Lipinski definition) is 3. The van der Waals surface area contributed by atoms with Crippen LogP contribution < -0.4 is 6.15 Å². The van der Waals surface area contributed by atoms with Crippen LogP contribution in [-0.2, 0) is 4.74 Å². The normalized spacial score (nSPS) is 6.00. The number of ether oxygens (including phenoxy) is 1. The highest BCUT2D eigenvalue weighted by atomic mass is 16.5. The fourth-order valence-corrected chi connectivity index (χ4v) is 0.204. The van der Waals surface area contributed by atoms with Gasteiger partial charge in [0.15, 0.2) is 0 Å². The summed E-state index contributed by atoms with van der Waals surface area (Å²) in [5.74, 6) is 0. The minimum Gasteiger partial charge on any atom is -0.400 e. The first-order valence-electron chi connectivity index (χ1n) is 2.44. The molecule has 0 aliphatic heterocycles. The maximum atomic E-state index is 7.00. The minimum absolute atomic E-state index is 0. The molecule has 0 spiro atoms. The molecular weight excluding hydrogens is 106 g/mol. The van der Waals surface area contributed by atoms with Crippen LogP contribution >= 0.6 is 0 Å². The van der Waals surface area contributed by atoms with E-state index in [2.05, 4.69) is 0 Å². The first kappa shape index (κ1) is 15.7. The molecule has 0 fully saturated rings. The molecule has 0 heterocycles. The Bertz CT molecular complexity index is 17.9. The minimum atomic E-state index is 0. The van der Waals surface area contributed by atoms with Gasteiger partial charge >= 0.3 is 0 Å². The highest BCUT2D eigenvalue weighted by molar-refractivity contribution is 4.07. The van der Waals surface area contributed by atoms with Gasteiger partial charge in [-0.2, -0.15) is 0 Å². The first-order valence-corrected chi connectivity index (χ1v) is 2.44. The molecule has 0 rings (SSSR count). The zero-order valence-corrected chi connectivity index (χ0v) is 5.98. The lowest BCUT2D eigenvalue weighted by Crippen LogP contribution is -1.84. The molecule has 0 aromatic heterocycles. The molecule has 0 saturated heterocycles. The van der Waals surface area contributed by atoms with Crippen molar-refractivity contribution in [3.8, 4) is 0 Å². The molecule has 3 heteroatoms. The predicted molar refractivity (Wildman–Crippen MR) is 35.3 cm³/mol. The monoisotopic (exact) mass is 123 g/mol.